The molecule has 1 N–H and O–H groups in total. The van der Waals surface area contributed by atoms with Gasteiger partial charge in [0.1, 0.15) is 11.4 Å². The molecule has 0 unspecified atom stereocenters. The summed E-state index contributed by atoms with van der Waals surface area (Å²) in [6, 6.07) is 21.8. The molecule has 5 aromatic rings. The van der Waals surface area contributed by atoms with Crippen LogP contribution in [0.3, 0.4) is 0 Å². The maximum atomic E-state index is 13.4. The van der Waals surface area contributed by atoms with Crippen molar-refractivity contribution in [3.8, 4) is 34.0 Å². The molecule has 0 aliphatic carbocycles. The van der Waals surface area contributed by atoms with Crippen LogP contribution < -0.4 is 10.3 Å². The predicted molar refractivity (Wildman–Crippen MR) is 130 cm³/mol. The lowest BCUT2D eigenvalue weighted by molar-refractivity contribution is 0.282. The first-order valence-electron chi connectivity index (χ1n) is 10.5. The highest BCUT2D eigenvalue weighted by molar-refractivity contribution is 6.30. The molecule has 0 aliphatic rings. The van der Waals surface area contributed by atoms with Crippen molar-refractivity contribution >= 4 is 11.6 Å². The molecule has 8 heteroatoms. The maximum absolute atomic E-state index is 13.4. The van der Waals surface area contributed by atoms with E-state index in [0.717, 1.165) is 16.7 Å². The number of halogens is 1. The van der Waals surface area contributed by atoms with Crippen LogP contribution in [0.15, 0.2) is 103 Å². The molecule has 0 amide bonds. The Morgan fingerprint density at radius 2 is 1.74 bits per heavy atom. The molecule has 0 aliphatic heterocycles. The van der Waals surface area contributed by atoms with E-state index in [1.807, 2.05) is 36.4 Å². The van der Waals surface area contributed by atoms with Gasteiger partial charge in [0, 0.05) is 17.4 Å². The van der Waals surface area contributed by atoms with Crippen molar-refractivity contribution in [2.24, 2.45) is 0 Å². The molecule has 0 saturated carbocycles. The average molecular weight is 471 g/mol. The number of aromatic nitrogens is 4. The van der Waals surface area contributed by atoms with E-state index >= 15 is 0 Å². The fourth-order valence-corrected chi connectivity index (χ4v) is 3.76. The van der Waals surface area contributed by atoms with Crippen molar-refractivity contribution in [2.45, 2.75) is 6.61 Å². The summed E-state index contributed by atoms with van der Waals surface area (Å²) in [6.07, 6.45) is 6.45. The Bertz CT molecular complexity index is 1480. The van der Waals surface area contributed by atoms with E-state index in [4.69, 9.17) is 16.3 Å². The molecule has 0 fully saturated rings. The minimum absolute atomic E-state index is 0.0516. The maximum Gasteiger partial charge on any atom is 0.316 e. The second-order valence-corrected chi connectivity index (χ2v) is 7.90. The molecule has 5 rings (SSSR count). The van der Waals surface area contributed by atoms with Gasteiger partial charge < -0.3 is 14.4 Å². The molecule has 2 heterocycles. The number of nitrogens with zero attached hydrogens (tertiary/aromatic N) is 4. The molecule has 0 atom stereocenters. The molecule has 2 aromatic heterocycles. The highest BCUT2D eigenvalue weighted by atomic mass is 35.5. The quantitative estimate of drug-likeness (QED) is 0.376. The first kappa shape index (κ1) is 21.6. The third kappa shape index (κ3) is 4.22. The second-order valence-electron chi connectivity index (χ2n) is 7.46. The number of hydrogen-bond donors (Lipinski definition) is 1. The second kappa shape index (κ2) is 9.35. The molecule has 0 bridgehead atoms. The minimum atomic E-state index is -0.428. The number of rotatable bonds is 6. The summed E-state index contributed by atoms with van der Waals surface area (Å²) in [6.45, 7) is -0.0516. The number of imidazole rings is 1. The van der Waals surface area contributed by atoms with Crippen LogP contribution in [0, 0.1) is 0 Å². The Morgan fingerprint density at radius 3 is 2.44 bits per heavy atom. The van der Waals surface area contributed by atoms with Crippen LogP contribution in [0.1, 0.15) is 5.56 Å². The Morgan fingerprint density at radius 1 is 0.971 bits per heavy atom. The Balaban J connectivity index is 1.55. The van der Waals surface area contributed by atoms with Crippen LogP contribution in [-0.4, -0.2) is 24.4 Å². The molecule has 3 aromatic carbocycles. The van der Waals surface area contributed by atoms with E-state index in [-0.39, 0.29) is 12.4 Å². The zero-order valence-electron chi connectivity index (χ0n) is 17.9. The summed E-state index contributed by atoms with van der Waals surface area (Å²) in [7, 11) is 0. The van der Waals surface area contributed by atoms with Crippen molar-refractivity contribution in [3.63, 3.8) is 0 Å². The molecule has 34 heavy (non-hydrogen) atoms. The highest BCUT2D eigenvalue weighted by Gasteiger charge is 2.17. The summed E-state index contributed by atoms with van der Waals surface area (Å²) in [5, 5.41) is 14.5. The molecule has 0 radical (unpaired) electrons. The van der Waals surface area contributed by atoms with E-state index in [1.54, 1.807) is 65.9 Å². The van der Waals surface area contributed by atoms with Crippen LogP contribution in [-0.2, 0) is 6.61 Å². The standard InChI is InChI=1S/C26H19ClN4O3/c27-20-7-9-21(10-8-20)31-26(33)25(24(15-29-31)30-14-13-28-17-30)34-22-11-5-18(6-12-22)23-4-2-1-3-19(23)16-32/h1-15,17,32H,16H2. The van der Waals surface area contributed by atoms with Gasteiger partial charge in [0.25, 0.3) is 0 Å². The van der Waals surface area contributed by atoms with Gasteiger partial charge in [0.2, 0.25) is 5.75 Å². The zero-order valence-corrected chi connectivity index (χ0v) is 18.6. The van der Waals surface area contributed by atoms with Crippen molar-refractivity contribution in [2.75, 3.05) is 0 Å². The zero-order chi connectivity index (χ0) is 23.5. The van der Waals surface area contributed by atoms with Crippen LogP contribution >= 0.6 is 11.6 Å². The van der Waals surface area contributed by atoms with Gasteiger partial charge in [-0.15, -0.1) is 0 Å². The molecular formula is C26H19ClN4O3. The van der Waals surface area contributed by atoms with Gasteiger partial charge in [-0.1, -0.05) is 48.0 Å². The predicted octanol–water partition coefficient (Wildman–Crippen LogP) is 5.02. The first-order valence-corrected chi connectivity index (χ1v) is 10.9. The third-order valence-electron chi connectivity index (χ3n) is 5.34. The fourth-order valence-electron chi connectivity index (χ4n) is 3.64. The van der Waals surface area contributed by atoms with E-state index < -0.39 is 5.56 Å². The highest BCUT2D eigenvalue weighted by Crippen LogP contribution is 2.29. The van der Waals surface area contributed by atoms with E-state index in [2.05, 4.69) is 10.1 Å². The van der Waals surface area contributed by atoms with Gasteiger partial charge in [0.05, 0.1) is 24.8 Å². The summed E-state index contributed by atoms with van der Waals surface area (Å²) >= 11 is 5.99. The number of benzene rings is 3. The normalized spacial score (nSPS) is 10.9. The van der Waals surface area contributed by atoms with Gasteiger partial charge in [-0.3, -0.25) is 4.79 Å². The van der Waals surface area contributed by atoms with Crippen molar-refractivity contribution in [1.82, 2.24) is 19.3 Å². The van der Waals surface area contributed by atoms with Crippen LogP contribution in [0.25, 0.3) is 22.5 Å². The fraction of sp³-hybridized carbons (Fsp3) is 0.0385. The smallest absolute Gasteiger partial charge is 0.316 e. The molecule has 0 saturated heterocycles. The van der Waals surface area contributed by atoms with Gasteiger partial charge in [-0.25, -0.2) is 4.98 Å². The third-order valence-corrected chi connectivity index (χ3v) is 5.59. The summed E-state index contributed by atoms with van der Waals surface area (Å²) < 4.78 is 9.03. The monoisotopic (exact) mass is 470 g/mol. The minimum Gasteiger partial charge on any atom is -0.449 e. The lowest BCUT2D eigenvalue weighted by Crippen LogP contribution is -2.23. The van der Waals surface area contributed by atoms with Gasteiger partial charge >= 0.3 is 5.56 Å². The molecule has 168 valence electrons. The van der Waals surface area contributed by atoms with Gasteiger partial charge in [-0.05, 0) is 53.1 Å². The summed E-state index contributed by atoms with van der Waals surface area (Å²) in [4.78, 5) is 17.5. The number of ether oxygens (including phenoxy) is 1. The van der Waals surface area contributed by atoms with Crippen molar-refractivity contribution in [1.29, 1.82) is 0 Å². The summed E-state index contributed by atoms with van der Waals surface area (Å²) in [5.41, 5.74) is 3.29. The van der Waals surface area contributed by atoms with Crippen molar-refractivity contribution < 1.29 is 9.84 Å². The van der Waals surface area contributed by atoms with Crippen molar-refractivity contribution in [3.05, 3.63) is 119 Å². The summed E-state index contributed by atoms with van der Waals surface area (Å²) in [5.74, 6) is 0.587. The topological polar surface area (TPSA) is 82.2 Å². The SMILES string of the molecule is O=c1c(Oc2ccc(-c3ccccc3CO)cc2)c(-n2ccnc2)cnn1-c1ccc(Cl)cc1. The molecular weight excluding hydrogens is 452 g/mol. The number of hydrogen-bond acceptors (Lipinski definition) is 5. The first-order chi connectivity index (χ1) is 16.6. The average Bonchev–Trinajstić information content (AvgIpc) is 3.41. The molecule has 7 nitrogen and oxygen atoms in total. The van der Waals surface area contributed by atoms with Gasteiger partial charge in [0.15, 0.2) is 0 Å². The van der Waals surface area contributed by atoms with Crippen LogP contribution in [0.4, 0.5) is 0 Å². The largest absolute Gasteiger partial charge is 0.449 e. The number of aliphatic hydroxyl groups excluding tert-OH is 1. The Labute approximate surface area is 200 Å². The van der Waals surface area contributed by atoms with Crippen LogP contribution in [0.2, 0.25) is 5.02 Å². The van der Waals surface area contributed by atoms with E-state index in [1.165, 1.54) is 4.68 Å². The lowest BCUT2D eigenvalue weighted by Gasteiger charge is -2.14. The van der Waals surface area contributed by atoms with E-state index in [9.17, 15) is 9.90 Å². The Kier molecular flexibility index (Phi) is 5.95. The van der Waals surface area contributed by atoms with Crippen LogP contribution in [0.5, 0.6) is 11.5 Å². The Hall–Kier alpha value is -4.20. The van der Waals surface area contributed by atoms with Gasteiger partial charge in [-0.2, -0.15) is 9.78 Å². The number of aliphatic hydroxyl groups is 1. The van der Waals surface area contributed by atoms with E-state index in [0.29, 0.717) is 22.1 Å². The molecule has 0 spiro atoms. The lowest BCUT2D eigenvalue weighted by atomic mass is 10.0.